The third-order valence-electron chi connectivity index (χ3n) is 4.32. The van der Waals surface area contributed by atoms with E-state index in [1.54, 1.807) is 23.2 Å². The van der Waals surface area contributed by atoms with E-state index >= 15 is 0 Å². The number of urea groups is 1. The molecule has 0 bridgehead atoms. The Hall–Kier alpha value is -1.77. The van der Waals surface area contributed by atoms with Gasteiger partial charge < -0.3 is 5.11 Å². The molecule has 1 fully saturated rings. The van der Waals surface area contributed by atoms with Crippen LogP contribution in [0, 0.1) is 5.92 Å². The number of aliphatic carboxylic acids is 1. The minimum Gasteiger partial charge on any atom is -0.481 e. The second kappa shape index (κ2) is 9.43. The molecule has 0 spiro atoms. The normalized spacial score (nSPS) is 14.3. The zero-order valence-electron chi connectivity index (χ0n) is 14.6. The zero-order valence-corrected chi connectivity index (χ0v) is 16.9. The van der Waals surface area contributed by atoms with Crippen LogP contribution >= 0.6 is 34.7 Å². The van der Waals surface area contributed by atoms with E-state index in [0.717, 1.165) is 22.7 Å². The van der Waals surface area contributed by atoms with Crippen LogP contribution in [0.25, 0.3) is 0 Å². The first kappa shape index (κ1) is 20.0. The van der Waals surface area contributed by atoms with Crippen molar-refractivity contribution in [2.45, 2.75) is 29.9 Å². The van der Waals surface area contributed by atoms with Crippen molar-refractivity contribution in [2.75, 3.05) is 22.5 Å². The summed E-state index contributed by atoms with van der Waals surface area (Å²) >= 11 is 8.56. The van der Waals surface area contributed by atoms with Crippen LogP contribution in [-0.2, 0) is 4.79 Å². The summed E-state index contributed by atoms with van der Waals surface area (Å²) in [5.41, 5.74) is 0.754. The zero-order chi connectivity index (χ0) is 19.2. The summed E-state index contributed by atoms with van der Waals surface area (Å²) in [4.78, 5) is 29.5. The molecule has 1 saturated carbocycles. The number of halogens is 1. The molecule has 2 amide bonds. The Morgan fingerprint density at radius 3 is 2.85 bits per heavy atom. The summed E-state index contributed by atoms with van der Waals surface area (Å²) in [5.74, 6) is -0.443. The lowest BCUT2D eigenvalue weighted by Gasteiger charge is -2.25. The van der Waals surface area contributed by atoms with Crippen molar-refractivity contribution < 1.29 is 14.7 Å². The molecule has 6 nitrogen and oxygen atoms in total. The lowest BCUT2D eigenvalue weighted by Crippen LogP contribution is -2.38. The highest BCUT2D eigenvalue weighted by Crippen LogP contribution is 2.31. The molecule has 1 heterocycles. The average Bonchev–Trinajstić information content (AvgIpc) is 3.29. The first-order valence-corrected chi connectivity index (χ1v) is 10.8. The number of benzene rings is 1. The van der Waals surface area contributed by atoms with E-state index in [0.29, 0.717) is 22.6 Å². The molecule has 0 radical (unpaired) electrons. The predicted molar refractivity (Wildman–Crippen MR) is 110 cm³/mol. The molecule has 0 aliphatic heterocycles. The number of hydrogen-bond donors (Lipinski definition) is 2. The summed E-state index contributed by atoms with van der Waals surface area (Å²) in [6.45, 7) is 0.637. The number of thiazole rings is 1. The monoisotopic (exact) mass is 425 g/mol. The van der Waals surface area contributed by atoms with Crippen LogP contribution in [0.1, 0.15) is 25.7 Å². The molecule has 144 valence electrons. The number of carbonyl (C=O) groups excluding carboxylic acids is 1. The van der Waals surface area contributed by atoms with E-state index < -0.39 is 5.97 Å². The average molecular weight is 426 g/mol. The molecule has 9 heteroatoms. The lowest BCUT2D eigenvalue weighted by molar-refractivity contribution is -0.133. The number of carboxylic acid groups (broad SMARTS) is 1. The van der Waals surface area contributed by atoms with Crippen molar-refractivity contribution in [2.24, 2.45) is 5.92 Å². The molecule has 0 atom stereocenters. The van der Waals surface area contributed by atoms with Gasteiger partial charge in [-0.25, -0.2) is 9.78 Å². The number of hydrogen-bond acceptors (Lipinski definition) is 5. The highest BCUT2D eigenvalue weighted by Gasteiger charge is 2.24. The van der Waals surface area contributed by atoms with E-state index in [4.69, 9.17) is 16.7 Å². The number of thioether (sulfide) groups is 1. The predicted octanol–water partition coefficient (Wildman–Crippen LogP) is 5.20. The Kier molecular flexibility index (Phi) is 6.98. The maximum absolute atomic E-state index is 12.9. The summed E-state index contributed by atoms with van der Waals surface area (Å²) in [7, 11) is 0. The van der Waals surface area contributed by atoms with Gasteiger partial charge in [0.25, 0.3) is 0 Å². The Labute approximate surface area is 170 Å². The number of rotatable bonds is 7. The number of aromatic nitrogens is 1. The highest BCUT2D eigenvalue weighted by atomic mass is 35.5. The maximum Gasteiger partial charge on any atom is 0.328 e. The molecule has 1 aliphatic carbocycles. The van der Waals surface area contributed by atoms with Gasteiger partial charge in [0, 0.05) is 17.3 Å². The quantitative estimate of drug-likeness (QED) is 0.595. The molecule has 1 aromatic carbocycles. The third-order valence-corrected chi connectivity index (χ3v) is 6.64. The molecule has 2 aromatic rings. The number of nitrogens with one attached hydrogen (secondary N) is 1. The lowest BCUT2D eigenvalue weighted by atomic mass is 10.1. The highest BCUT2D eigenvalue weighted by molar-refractivity contribution is 8.01. The second-order valence-electron chi connectivity index (χ2n) is 6.34. The minimum atomic E-state index is -0.886. The van der Waals surface area contributed by atoms with Crippen molar-refractivity contribution in [3.05, 3.63) is 35.5 Å². The summed E-state index contributed by atoms with van der Waals surface area (Å²) in [6.07, 6.45) is 6.22. The number of carboxylic acids is 1. The number of amides is 2. The fourth-order valence-corrected chi connectivity index (χ4v) is 4.84. The van der Waals surface area contributed by atoms with Gasteiger partial charge in [0.1, 0.15) is 0 Å². The van der Waals surface area contributed by atoms with Gasteiger partial charge >= 0.3 is 12.0 Å². The standard InChI is InChI=1S/C18H20ClN3O3S2/c19-13-6-3-7-14(8-13)22(10-12-4-1-2-5-12)18(25)21-17-20-9-16(27-17)26-11-15(23)24/h3,6-9,12H,1-2,4-5,10-11H2,(H,23,24)(H,20,21,25). The maximum atomic E-state index is 12.9. The van der Waals surface area contributed by atoms with Crippen LogP contribution in [-0.4, -0.2) is 34.4 Å². The van der Waals surface area contributed by atoms with Gasteiger partial charge in [-0.15, -0.1) is 11.8 Å². The number of nitrogens with zero attached hydrogens (tertiary/aromatic N) is 2. The smallest absolute Gasteiger partial charge is 0.328 e. The topological polar surface area (TPSA) is 82.5 Å². The van der Waals surface area contributed by atoms with Crippen LogP contribution in [0.15, 0.2) is 34.7 Å². The van der Waals surface area contributed by atoms with Gasteiger partial charge in [-0.2, -0.15) is 0 Å². The minimum absolute atomic E-state index is 0.0358. The Morgan fingerprint density at radius 1 is 1.37 bits per heavy atom. The molecule has 27 heavy (non-hydrogen) atoms. The van der Waals surface area contributed by atoms with Crippen LogP contribution in [0.5, 0.6) is 0 Å². The van der Waals surface area contributed by atoms with E-state index in [1.807, 2.05) is 12.1 Å². The molecule has 1 aliphatic rings. The SMILES string of the molecule is O=C(O)CSc1cnc(NC(=O)N(CC2CCCC2)c2cccc(Cl)c2)s1. The van der Waals surface area contributed by atoms with Crippen LogP contribution in [0.3, 0.4) is 0 Å². The van der Waals surface area contributed by atoms with Crippen molar-refractivity contribution in [1.29, 1.82) is 0 Å². The summed E-state index contributed by atoms with van der Waals surface area (Å²) in [5, 5.41) is 12.6. The molecule has 0 unspecified atom stereocenters. The third kappa shape index (κ3) is 5.85. The summed E-state index contributed by atoms with van der Waals surface area (Å²) in [6, 6.07) is 7.01. The van der Waals surface area contributed by atoms with Gasteiger partial charge in [0.05, 0.1) is 16.2 Å². The number of anilines is 2. The van der Waals surface area contributed by atoms with Crippen molar-refractivity contribution >= 4 is 57.5 Å². The first-order valence-electron chi connectivity index (χ1n) is 8.66. The van der Waals surface area contributed by atoms with Gasteiger partial charge in [0.15, 0.2) is 5.13 Å². The van der Waals surface area contributed by atoms with E-state index in [9.17, 15) is 9.59 Å². The van der Waals surface area contributed by atoms with Crippen molar-refractivity contribution in [1.82, 2.24) is 4.98 Å². The Bertz CT molecular complexity index is 809. The van der Waals surface area contributed by atoms with Gasteiger partial charge in [-0.05, 0) is 37.0 Å². The van der Waals surface area contributed by atoms with Gasteiger partial charge in [-0.3, -0.25) is 15.0 Å². The molecule has 1 aromatic heterocycles. The second-order valence-corrected chi connectivity index (χ2v) is 9.08. The Balaban J connectivity index is 1.71. The van der Waals surface area contributed by atoms with Gasteiger partial charge in [0.2, 0.25) is 0 Å². The van der Waals surface area contributed by atoms with Gasteiger partial charge in [-0.1, -0.05) is 41.8 Å². The fourth-order valence-electron chi connectivity index (χ4n) is 3.08. The van der Waals surface area contributed by atoms with Crippen LogP contribution in [0.2, 0.25) is 5.02 Å². The summed E-state index contributed by atoms with van der Waals surface area (Å²) < 4.78 is 0.748. The van der Waals surface area contributed by atoms with E-state index in [1.165, 1.54) is 35.9 Å². The van der Waals surface area contributed by atoms with E-state index in [2.05, 4.69) is 10.3 Å². The van der Waals surface area contributed by atoms with Crippen molar-refractivity contribution in [3.8, 4) is 0 Å². The molecular weight excluding hydrogens is 406 g/mol. The van der Waals surface area contributed by atoms with Crippen molar-refractivity contribution in [3.63, 3.8) is 0 Å². The molecule has 3 rings (SSSR count). The van der Waals surface area contributed by atoms with Crippen LogP contribution < -0.4 is 10.2 Å². The number of carbonyl (C=O) groups is 2. The molecular formula is C18H20ClN3O3S2. The largest absolute Gasteiger partial charge is 0.481 e. The molecule has 0 saturated heterocycles. The van der Waals surface area contributed by atoms with Crippen LogP contribution in [0.4, 0.5) is 15.6 Å². The van der Waals surface area contributed by atoms with E-state index in [-0.39, 0.29) is 11.8 Å². The fraction of sp³-hybridized carbons (Fsp3) is 0.389. The molecule has 2 N–H and O–H groups in total. The first-order chi connectivity index (χ1) is 13.0. The Morgan fingerprint density at radius 2 is 2.15 bits per heavy atom.